The average Bonchev–Trinajstić information content (AvgIpc) is 2.37. The third-order valence-corrected chi connectivity index (χ3v) is 3.14. The van der Waals surface area contributed by atoms with Crippen molar-refractivity contribution in [3.05, 3.63) is 52.4 Å². The molecule has 1 aromatic heterocycles. The summed E-state index contributed by atoms with van der Waals surface area (Å²) in [6.07, 6.45) is 1.64. The molecule has 0 saturated heterocycles. The maximum atomic E-state index is 11.8. The number of methoxy groups -OCH3 is 1. The van der Waals surface area contributed by atoms with Gasteiger partial charge in [0.2, 0.25) is 0 Å². The van der Waals surface area contributed by atoms with Crippen molar-refractivity contribution >= 4 is 0 Å². The lowest BCUT2D eigenvalue weighted by molar-refractivity contribution is 0.397. The van der Waals surface area contributed by atoms with Crippen LogP contribution in [0.25, 0.3) is 11.1 Å². The van der Waals surface area contributed by atoms with Crippen molar-refractivity contribution < 1.29 is 4.74 Å². The molecule has 0 bridgehead atoms. The molecule has 1 heterocycles. The van der Waals surface area contributed by atoms with E-state index < -0.39 is 0 Å². The van der Waals surface area contributed by atoms with Gasteiger partial charge < -0.3 is 9.72 Å². The Morgan fingerprint density at radius 1 is 1.16 bits per heavy atom. The van der Waals surface area contributed by atoms with Crippen LogP contribution in [0.2, 0.25) is 0 Å². The lowest BCUT2D eigenvalue weighted by atomic mass is 9.84. The first-order valence-corrected chi connectivity index (χ1v) is 6.30. The number of nitrogens with one attached hydrogen (secondary N) is 1. The Bertz CT molecular complexity index is 636. The molecular weight excluding hydrogens is 238 g/mol. The Morgan fingerprint density at radius 3 is 2.47 bits per heavy atom. The zero-order valence-corrected chi connectivity index (χ0v) is 11.8. The summed E-state index contributed by atoms with van der Waals surface area (Å²) in [7, 11) is 1.67. The molecule has 1 aromatic carbocycles. The van der Waals surface area contributed by atoms with Crippen LogP contribution < -0.4 is 10.3 Å². The Hall–Kier alpha value is -2.03. The van der Waals surface area contributed by atoms with Crippen LogP contribution in [-0.2, 0) is 5.41 Å². The van der Waals surface area contributed by atoms with E-state index in [0.29, 0.717) is 5.56 Å². The fraction of sp³-hybridized carbons (Fsp3) is 0.312. The summed E-state index contributed by atoms with van der Waals surface area (Å²) in [5.41, 5.74) is 2.56. The molecule has 0 fully saturated rings. The van der Waals surface area contributed by atoms with E-state index in [2.05, 4.69) is 25.8 Å². The molecule has 100 valence electrons. The van der Waals surface area contributed by atoms with E-state index in [9.17, 15) is 4.79 Å². The van der Waals surface area contributed by atoms with Gasteiger partial charge in [0.05, 0.1) is 7.11 Å². The fourth-order valence-electron chi connectivity index (χ4n) is 2.11. The predicted octanol–water partition coefficient (Wildman–Crippen LogP) is 3.35. The van der Waals surface area contributed by atoms with Gasteiger partial charge in [-0.3, -0.25) is 4.79 Å². The van der Waals surface area contributed by atoms with Crippen LogP contribution in [0.4, 0.5) is 0 Å². The van der Waals surface area contributed by atoms with Crippen molar-refractivity contribution in [2.24, 2.45) is 0 Å². The summed E-state index contributed by atoms with van der Waals surface area (Å²) in [6.45, 7) is 6.39. The number of H-pyrrole nitrogens is 1. The maximum absolute atomic E-state index is 11.8. The molecule has 0 spiro atoms. The lowest BCUT2D eigenvalue weighted by Crippen LogP contribution is -2.14. The number of ether oxygens (including phenoxy) is 1. The van der Waals surface area contributed by atoms with Gasteiger partial charge in [-0.15, -0.1) is 0 Å². The van der Waals surface area contributed by atoms with Gasteiger partial charge in [0.15, 0.2) is 0 Å². The Morgan fingerprint density at radius 2 is 1.89 bits per heavy atom. The van der Waals surface area contributed by atoms with Gasteiger partial charge in [-0.05, 0) is 35.2 Å². The molecule has 0 saturated carbocycles. The smallest absolute Gasteiger partial charge is 0.255 e. The molecule has 0 aliphatic heterocycles. The highest BCUT2D eigenvalue weighted by molar-refractivity contribution is 5.65. The first-order chi connectivity index (χ1) is 8.93. The highest BCUT2D eigenvalue weighted by Crippen LogP contribution is 2.34. The zero-order valence-electron chi connectivity index (χ0n) is 11.8. The second kappa shape index (κ2) is 4.92. The third-order valence-electron chi connectivity index (χ3n) is 3.14. The molecule has 2 aromatic rings. The van der Waals surface area contributed by atoms with Gasteiger partial charge in [0, 0.05) is 17.3 Å². The van der Waals surface area contributed by atoms with E-state index in [0.717, 1.165) is 16.9 Å². The second-order valence-electron chi connectivity index (χ2n) is 5.58. The van der Waals surface area contributed by atoms with Gasteiger partial charge >= 0.3 is 0 Å². The van der Waals surface area contributed by atoms with Crippen LogP contribution in [0.15, 0.2) is 41.3 Å². The molecule has 2 rings (SSSR count). The van der Waals surface area contributed by atoms with Crippen LogP contribution in [-0.4, -0.2) is 12.1 Å². The summed E-state index contributed by atoms with van der Waals surface area (Å²) < 4.78 is 5.41. The summed E-state index contributed by atoms with van der Waals surface area (Å²) in [5, 5.41) is 0. The number of benzene rings is 1. The quantitative estimate of drug-likeness (QED) is 0.896. The van der Waals surface area contributed by atoms with Crippen LogP contribution in [0, 0.1) is 0 Å². The van der Waals surface area contributed by atoms with E-state index in [4.69, 9.17) is 4.74 Å². The minimum Gasteiger partial charge on any atom is -0.496 e. The van der Waals surface area contributed by atoms with Crippen molar-refractivity contribution in [3.8, 4) is 16.9 Å². The van der Waals surface area contributed by atoms with Crippen LogP contribution in [0.3, 0.4) is 0 Å². The Balaban J connectivity index is 2.62. The van der Waals surface area contributed by atoms with Crippen molar-refractivity contribution in [1.29, 1.82) is 0 Å². The minimum atomic E-state index is -0.0764. The molecule has 1 N–H and O–H groups in total. The largest absolute Gasteiger partial charge is 0.496 e. The number of aromatic amines is 1. The Labute approximate surface area is 113 Å². The Kier molecular flexibility index (Phi) is 3.47. The van der Waals surface area contributed by atoms with E-state index in [1.807, 2.05) is 30.3 Å². The fourth-order valence-corrected chi connectivity index (χ4v) is 2.11. The number of aromatic nitrogens is 1. The zero-order chi connectivity index (χ0) is 14.0. The number of hydrogen-bond donors (Lipinski definition) is 1. The molecule has 19 heavy (non-hydrogen) atoms. The topological polar surface area (TPSA) is 42.1 Å². The minimum absolute atomic E-state index is 0.0388. The highest BCUT2D eigenvalue weighted by Gasteiger charge is 2.19. The third kappa shape index (κ3) is 2.70. The SMILES string of the molecule is COc1ccc(-c2ccc[nH]c2=O)cc1C(C)(C)C. The maximum Gasteiger partial charge on any atom is 0.255 e. The standard InChI is InChI=1S/C16H19NO2/c1-16(2,3)13-10-11(7-8-14(13)19-4)12-6-5-9-17-15(12)18/h5-10H,1-4H3,(H,17,18). The van der Waals surface area contributed by atoms with Gasteiger partial charge in [-0.25, -0.2) is 0 Å². The molecule has 0 unspecified atom stereocenters. The van der Waals surface area contributed by atoms with E-state index in [1.54, 1.807) is 13.3 Å². The second-order valence-corrected chi connectivity index (χ2v) is 5.58. The number of hydrogen-bond acceptors (Lipinski definition) is 2. The number of rotatable bonds is 2. The van der Waals surface area contributed by atoms with Crippen molar-refractivity contribution in [3.63, 3.8) is 0 Å². The van der Waals surface area contributed by atoms with Gasteiger partial charge in [0.25, 0.3) is 5.56 Å². The van der Waals surface area contributed by atoms with Crippen molar-refractivity contribution in [1.82, 2.24) is 4.98 Å². The van der Waals surface area contributed by atoms with Crippen molar-refractivity contribution in [2.45, 2.75) is 26.2 Å². The van der Waals surface area contributed by atoms with Crippen LogP contribution in [0.5, 0.6) is 5.75 Å². The van der Waals surface area contributed by atoms with Gasteiger partial charge in [-0.2, -0.15) is 0 Å². The first-order valence-electron chi connectivity index (χ1n) is 6.30. The highest BCUT2D eigenvalue weighted by atomic mass is 16.5. The molecule has 0 aliphatic rings. The monoisotopic (exact) mass is 257 g/mol. The summed E-state index contributed by atoms with van der Waals surface area (Å²) in [4.78, 5) is 14.5. The molecule has 0 aliphatic carbocycles. The lowest BCUT2D eigenvalue weighted by Gasteiger charge is -2.22. The van der Waals surface area contributed by atoms with E-state index in [-0.39, 0.29) is 11.0 Å². The van der Waals surface area contributed by atoms with Crippen molar-refractivity contribution in [2.75, 3.05) is 7.11 Å². The molecule has 0 atom stereocenters. The summed E-state index contributed by atoms with van der Waals surface area (Å²) >= 11 is 0. The van der Waals surface area contributed by atoms with E-state index >= 15 is 0 Å². The first kappa shape index (κ1) is 13.4. The van der Waals surface area contributed by atoms with E-state index in [1.165, 1.54) is 0 Å². The molecular formula is C16H19NO2. The van der Waals surface area contributed by atoms with Crippen LogP contribution >= 0.6 is 0 Å². The predicted molar refractivity (Wildman–Crippen MR) is 77.8 cm³/mol. The molecule has 3 heteroatoms. The number of pyridine rings is 1. The normalized spacial score (nSPS) is 11.4. The summed E-state index contributed by atoms with van der Waals surface area (Å²) in [6, 6.07) is 9.52. The van der Waals surface area contributed by atoms with Gasteiger partial charge in [0.1, 0.15) is 5.75 Å². The molecule has 0 radical (unpaired) electrons. The summed E-state index contributed by atoms with van der Waals surface area (Å²) in [5.74, 6) is 0.851. The van der Waals surface area contributed by atoms with Crippen LogP contribution in [0.1, 0.15) is 26.3 Å². The molecule has 3 nitrogen and oxygen atoms in total. The molecule has 0 amide bonds. The average molecular weight is 257 g/mol. The van der Waals surface area contributed by atoms with Gasteiger partial charge in [-0.1, -0.05) is 26.8 Å².